The lowest BCUT2D eigenvalue weighted by atomic mass is 10.0. The Morgan fingerprint density at radius 3 is 2.58 bits per heavy atom. The van der Waals surface area contributed by atoms with E-state index in [1.807, 2.05) is 18.2 Å². The summed E-state index contributed by atoms with van der Waals surface area (Å²) in [6, 6.07) is 17.9. The third kappa shape index (κ3) is 5.35. The first-order valence-corrected chi connectivity index (χ1v) is 12.1. The Balaban J connectivity index is 1.33. The Morgan fingerprint density at radius 1 is 1.00 bits per heavy atom. The summed E-state index contributed by atoms with van der Waals surface area (Å²) < 4.78 is 15.6. The van der Waals surface area contributed by atoms with Gasteiger partial charge in [-0.05, 0) is 35.4 Å². The molecular formula is C28H25FN6O3. The van der Waals surface area contributed by atoms with Gasteiger partial charge in [-0.25, -0.2) is 14.1 Å². The van der Waals surface area contributed by atoms with E-state index in [9.17, 15) is 18.8 Å². The van der Waals surface area contributed by atoms with E-state index in [4.69, 9.17) is 5.73 Å². The van der Waals surface area contributed by atoms with Gasteiger partial charge < -0.3 is 11.1 Å². The summed E-state index contributed by atoms with van der Waals surface area (Å²) in [7, 11) is 0. The molecule has 3 N–H and O–H groups in total. The normalized spacial score (nSPS) is 13.6. The lowest BCUT2D eigenvalue weighted by Crippen LogP contribution is -2.47. The second-order valence-electron chi connectivity index (χ2n) is 9.09. The van der Waals surface area contributed by atoms with Gasteiger partial charge in [0.25, 0.3) is 11.8 Å². The number of nitrogens with two attached hydrogens (primary N) is 1. The van der Waals surface area contributed by atoms with E-state index in [1.54, 1.807) is 48.7 Å². The molecule has 9 nitrogen and oxygen atoms in total. The molecule has 38 heavy (non-hydrogen) atoms. The highest BCUT2D eigenvalue weighted by Crippen LogP contribution is 2.26. The van der Waals surface area contributed by atoms with Gasteiger partial charge in [0.1, 0.15) is 11.9 Å². The predicted molar refractivity (Wildman–Crippen MR) is 136 cm³/mol. The number of carbonyl (C=O) groups excluding carboxylic acids is 3. The highest BCUT2D eigenvalue weighted by Gasteiger charge is 2.27. The molecule has 0 fully saturated rings. The van der Waals surface area contributed by atoms with Crippen molar-refractivity contribution < 1.29 is 18.8 Å². The predicted octanol–water partition coefficient (Wildman–Crippen LogP) is 2.32. The van der Waals surface area contributed by atoms with Crippen LogP contribution in [0.4, 0.5) is 4.39 Å². The molecule has 10 heteroatoms. The van der Waals surface area contributed by atoms with Crippen LogP contribution in [0.1, 0.15) is 32.7 Å². The average molecular weight is 513 g/mol. The Kier molecular flexibility index (Phi) is 7.05. The molecule has 1 atom stereocenters. The fraction of sp³-hybridized carbons (Fsp3) is 0.179. The van der Waals surface area contributed by atoms with Gasteiger partial charge >= 0.3 is 0 Å². The van der Waals surface area contributed by atoms with E-state index in [1.165, 1.54) is 16.9 Å². The monoisotopic (exact) mass is 512 g/mol. The quantitative estimate of drug-likeness (QED) is 0.332. The van der Waals surface area contributed by atoms with Gasteiger partial charge in [-0.2, -0.15) is 5.10 Å². The number of aromatic nitrogens is 3. The number of Topliss-reactive ketones (excluding diaryl/α,β-unsaturated/α-hetero) is 1. The number of ketones is 1. The van der Waals surface area contributed by atoms with Crippen LogP contribution in [-0.4, -0.2) is 43.3 Å². The van der Waals surface area contributed by atoms with Gasteiger partial charge in [0, 0.05) is 44.0 Å². The van der Waals surface area contributed by atoms with Crippen LogP contribution >= 0.6 is 0 Å². The first-order chi connectivity index (χ1) is 18.4. The molecule has 0 aliphatic carbocycles. The van der Waals surface area contributed by atoms with Gasteiger partial charge in [0.15, 0.2) is 5.82 Å². The fourth-order valence-corrected chi connectivity index (χ4v) is 4.58. The number of fused-ring (bicyclic) bond motifs is 1. The first-order valence-electron chi connectivity index (χ1n) is 12.1. The number of benzene rings is 2. The van der Waals surface area contributed by atoms with Crippen molar-refractivity contribution in [3.63, 3.8) is 0 Å². The van der Waals surface area contributed by atoms with E-state index in [0.29, 0.717) is 25.2 Å². The van der Waals surface area contributed by atoms with Crippen LogP contribution in [-0.2, 0) is 35.6 Å². The standard InChI is InChI=1S/C28H25FN6O3/c29-23-10-4-8-19-15-34(17-22(19)23)16-20-11-13-35(33-20)27-21(9-5-12-31-27)28(38)32-24(25(36)26(30)37)14-18-6-2-1-3-7-18/h1-13,24H,14-17H2,(H2,30,37)(H,32,38). The van der Waals surface area contributed by atoms with Crippen LogP contribution in [0.5, 0.6) is 0 Å². The van der Waals surface area contributed by atoms with Gasteiger partial charge in [0.2, 0.25) is 5.78 Å². The van der Waals surface area contributed by atoms with Crippen molar-refractivity contribution >= 4 is 17.6 Å². The number of nitrogens with zero attached hydrogens (tertiary/aromatic N) is 4. The van der Waals surface area contributed by atoms with Crippen molar-refractivity contribution in [2.75, 3.05) is 0 Å². The van der Waals surface area contributed by atoms with E-state index in [-0.39, 0.29) is 23.6 Å². The third-order valence-corrected chi connectivity index (χ3v) is 6.42. The molecule has 5 rings (SSSR count). The largest absolute Gasteiger partial charge is 0.363 e. The number of nitrogens with one attached hydrogen (secondary N) is 1. The number of hydrogen-bond acceptors (Lipinski definition) is 6. The minimum atomic E-state index is -1.14. The van der Waals surface area contributed by atoms with Crippen LogP contribution in [0, 0.1) is 5.82 Å². The number of carbonyl (C=O) groups is 3. The van der Waals surface area contributed by atoms with Crippen molar-refractivity contribution in [1.29, 1.82) is 0 Å². The van der Waals surface area contributed by atoms with Crippen LogP contribution in [0.3, 0.4) is 0 Å². The fourth-order valence-electron chi connectivity index (χ4n) is 4.58. The summed E-state index contributed by atoms with van der Waals surface area (Å²) in [4.78, 5) is 43.8. The van der Waals surface area contributed by atoms with E-state index < -0.39 is 23.6 Å². The number of hydrogen-bond donors (Lipinski definition) is 2. The number of pyridine rings is 1. The number of halogens is 1. The molecule has 2 amide bonds. The molecule has 2 aromatic carbocycles. The molecule has 4 aromatic rings. The molecule has 1 unspecified atom stereocenters. The van der Waals surface area contributed by atoms with Crippen molar-refractivity contribution in [2.24, 2.45) is 5.73 Å². The number of amides is 2. The van der Waals surface area contributed by atoms with Crippen LogP contribution < -0.4 is 11.1 Å². The molecule has 0 saturated carbocycles. The molecule has 192 valence electrons. The Hall–Kier alpha value is -4.70. The molecule has 3 heterocycles. The smallest absolute Gasteiger partial charge is 0.287 e. The molecule has 0 bridgehead atoms. The summed E-state index contributed by atoms with van der Waals surface area (Å²) >= 11 is 0. The van der Waals surface area contributed by atoms with Gasteiger partial charge in [-0.1, -0.05) is 42.5 Å². The molecule has 1 aliphatic rings. The lowest BCUT2D eigenvalue weighted by molar-refractivity contribution is -0.137. The number of rotatable bonds is 9. The minimum absolute atomic E-state index is 0.106. The molecule has 1 aliphatic heterocycles. The van der Waals surface area contributed by atoms with Gasteiger partial charge in [-0.3, -0.25) is 19.3 Å². The molecule has 0 radical (unpaired) electrons. The van der Waals surface area contributed by atoms with Crippen LogP contribution in [0.15, 0.2) is 79.1 Å². The van der Waals surface area contributed by atoms with E-state index in [0.717, 1.165) is 16.8 Å². The van der Waals surface area contributed by atoms with Crippen LogP contribution in [0.25, 0.3) is 5.82 Å². The van der Waals surface area contributed by atoms with Crippen molar-refractivity contribution in [1.82, 2.24) is 25.0 Å². The van der Waals surface area contributed by atoms with Crippen molar-refractivity contribution in [3.8, 4) is 5.82 Å². The second kappa shape index (κ2) is 10.7. The summed E-state index contributed by atoms with van der Waals surface area (Å²) in [5.74, 6) is -2.56. The number of primary amides is 1. The summed E-state index contributed by atoms with van der Waals surface area (Å²) in [5, 5.41) is 7.22. The lowest BCUT2D eigenvalue weighted by Gasteiger charge is -2.17. The maximum absolute atomic E-state index is 14.1. The van der Waals surface area contributed by atoms with Gasteiger partial charge in [-0.15, -0.1) is 0 Å². The topological polar surface area (TPSA) is 123 Å². The highest BCUT2D eigenvalue weighted by atomic mass is 19.1. The summed E-state index contributed by atoms with van der Waals surface area (Å²) in [5.41, 5.74) is 8.56. The molecule has 2 aromatic heterocycles. The maximum atomic E-state index is 14.1. The average Bonchev–Trinajstić information content (AvgIpc) is 3.56. The SMILES string of the molecule is NC(=O)C(=O)C(Cc1ccccc1)NC(=O)c1cccnc1-n1ccc(CN2Cc3cccc(F)c3C2)n1. The molecule has 0 saturated heterocycles. The zero-order chi connectivity index (χ0) is 26.6. The Bertz CT molecular complexity index is 1500. The third-order valence-electron chi connectivity index (χ3n) is 6.42. The zero-order valence-corrected chi connectivity index (χ0v) is 20.4. The first kappa shape index (κ1) is 25.0. The van der Waals surface area contributed by atoms with Crippen molar-refractivity contribution in [2.45, 2.75) is 32.1 Å². The van der Waals surface area contributed by atoms with Gasteiger partial charge in [0.05, 0.1) is 11.3 Å². The summed E-state index contributed by atoms with van der Waals surface area (Å²) in [6.07, 6.45) is 3.33. The molecule has 0 spiro atoms. The van der Waals surface area contributed by atoms with E-state index in [2.05, 4.69) is 20.3 Å². The van der Waals surface area contributed by atoms with Crippen LogP contribution in [0.2, 0.25) is 0 Å². The van der Waals surface area contributed by atoms with E-state index >= 15 is 0 Å². The Labute approximate surface area is 218 Å². The zero-order valence-electron chi connectivity index (χ0n) is 20.4. The maximum Gasteiger partial charge on any atom is 0.287 e. The molecular weight excluding hydrogens is 487 g/mol. The minimum Gasteiger partial charge on any atom is -0.363 e. The Morgan fingerprint density at radius 2 is 1.82 bits per heavy atom. The second-order valence-corrected chi connectivity index (χ2v) is 9.09. The highest BCUT2D eigenvalue weighted by molar-refractivity contribution is 6.38. The summed E-state index contributed by atoms with van der Waals surface area (Å²) in [6.45, 7) is 1.60. The van der Waals surface area contributed by atoms with Crippen molar-refractivity contribution in [3.05, 3.63) is 113 Å².